The van der Waals surface area contributed by atoms with Crippen LogP contribution in [-0.4, -0.2) is 19.5 Å². The van der Waals surface area contributed by atoms with Crippen LogP contribution in [-0.2, 0) is 0 Å². The molecule has 0 spiro atoms. The average Bonchev–Trinajstić information content (AvgIpc) is 3.01. The highest BCUT2D eigenvalue weighted by atomic mass is 127. The van der Waals surface area contributed by atoms with Gasteiger partial charge in [0.15, 0.2) is 16.3 Å². The summed E-state index contributed by atoms with van der Waals surface area (Å²) in [5.74, 6) is 0.0661. The lowest BCUT2D eigenvalue weighted by Crippen LogP contribution is -1.94. The van der Waals surface area contributed by atoms with Gasteiger partial charge in [0.05, 0.1) is 29.0 Å². The van der Waals surface area contributed by atoms with Crippen molar-refractivity contribution in [3.8, 4) is 11.5 Å². The SMILES string of the molecule is Fc1cc2c(cnn2PI)c(Oc2cccc3c(=S)[nH]c(=S)[nH]c23)c1Cl. The number of aromatic nitrogens is 4. The first kappa shape index (κ1) is 18.2. The van der Waals surface area contributed by atoms with Crippen LogP contribution < -0.4 is 4.74 Å². The van der Waals surface area contributed by atoms with Gasteiger partial charge in [-0.1, -0.05) is 29.9 Å². The van der Waals surface area contributed by atoms with E-state index < -0.39 is 5.82 Å². The third kappa shape index (κ3) is 3.05. The Labute approximate surface area is 176 Å². The van der Waals surface area contributed by atoms with E-state index in [1.807, 2.05) is 6.07 Å². The van der Waals surface area contributed by atoms with Crippen LogP contribution in [0.3, 0.4) is 0 Å². The number of aromatic amines is 2. The molecule has 0 bridgehead atoms. The van der Waals surface area contributed by atoms with Crippen molar-refractivity contribution in [1.82, 2.24) is 19.5 Å². The van der Waals surface area contributed by atoms with Crippen molar-refractivity contribution in [3.63, 3.8) is 0 Å². The molecule has 2 heterocycles. The molecule has 0 aliphatic rings. The molecule has 5 nitrogen and oxygen atoms in total. The second kappa shape index (κ2) is 7.12. The molecule has 0 radical (unpaired) electrons. The maximum atomic E-state index is 14.3. The van der Waals surface area contributed by atoms with Gasteiger partial charge < -0.3 is 14.7 Å². The van der Waals surface area contributed by atoms with E-state index in [4.69, 9.17) is 40.8 Å². The van der Waals surface area contributed by atoms with Crippen LogP contribution in [0.1, 0.15) is 0 Å². The predicted octanol–water partition coefficient (Wildman–Crippen LogP) is 6.68. The molecule has 0 fully saturated rings. The normalized spacial score (nSPS) is 11.8. The Kier molecular flexibility index (Phi) is 5.00. The van der Waals surface area contributed by atoms with Crippen LogP contribution in [0.25, 0.3) is 21.8 Å². The number of fused-ring (bicyclic) bond motifs is 2. The number of para-hydroxylation sites is 1. The number of nitrogens with one attached hydrogen (secondary N) is 2. The number of halogens is 3. The van der Waals surface area contributed by atoms with Crippen molar-refractivity contribution in [2.75, 3.05) is 0 Å². The van der Waals surface area contributed by atoms with Gasteiger partial charge in [-0.25, -0.2) is 8.84 Å². The van der Waals surface area contributed by atoms with Gasteiger partial charge in [0.25, 0.3) is 0 Å². The van der Waals surface area contributed by atoms with Crippen molar-refractivity contribution in [2.24, 2.45) is 0 Å². The van der Waals surface area contributed by atoms with E-state index >= 15 is 0 Å². The van der Waals surface area contributed by atoms with E-state index in [1.54, 1.807) is 22.8 Å². The number of H-pyrrole nitrogens is 2. The van der Waals surface area contributed by atoms with Gasteiger partial charge in [0.2, 0.25) is 0 Å². The second-order valence-corrected chi connectivity index (χ2v) is 8.50. The molecule has 0 aliphatic heterocycles. The summed E-state index contributed by atoms with van der Waals surface area (Å²) >= 11 is 18.8. The minimum absolute atomic E-state index is 0.106. The fraction of sp³-hybridized carbons (Fsp3) is 0. The van der Waals surface area contributed by atoms with E-state index in [1.165, 1.54) is 6.07 Å². The lowest BCUT2D eigenvalue weighted by Gasteiger charge is -2.12. The van der Waals surface area contributed by atoms with Crippen molar-refractivity contribution in [2.45, 2.75) is 0 Å². The largest absolute Gasteiger partial charge is 0.453 e. The Morgan fingerprint density at radius 3 is 2.85 bits per heavy atom. The molecule has 2 N–H and O–H groups in total. The summed E-state index contributed by atoms with van der Waals surface area (Å²) in [7, 11) is 0. The summed E-state index contributed by atoms with van der Waals surface area (Å²) in [5, 5.41) is 5.51. The van der Waals surface area contributed by atoms with Crippen LogP contribution >= 0.6 is 64.5 Å². The van der Waals surface area contributed by atoms with Crippen LogP contribution in [0.5, 0.6) is 11.5 Å². The van der Waals surface area contributed by atoms with E-state index in [9.17, 15) is 4.39 Å². The molecule has 132 valence electrons. The quantitative estimate of drug-likeness (QED) is 0.174. The first-order valence-corrected chi connectivity index (χ1v) is 12.4. The summed E-state index contributed by atoms with van der Waals surface area (Å²) in [6.45, 7) is 0. The van der Waals surface area contributed by atoms with Gasteiger partial charge in [-0.2, -0.15) is 5.10 Å². The molecule has 0 aliphatic carbocycles. The molecular weight excluding hydrogens is 529 g/mol. The zero-order valence-corrected chi connectivity index (χ0v) is 18.2. The fourth-order valence-corrected chi connectivity index (χ4v) is 4.88. The van der Waals surface area contributed by atoms with Gasteiger partial charge in [-0.3, -0.25) is 0 Å². The minimum atomic E-state index is -0.573. The second-order valence-electron chi connectivity index (χ2n) is 5.26. The average molecular weight is 537 g/mol. The Morgan fingerprint density at radius 2 is 2.08 bits per heavy atom. The van der Waals surface area contributed by atoms with Crippen molar-refractivity contribution >= 4 is 86.3 Å². The van der Waals surface area contributed by atoms with Gasteiger partial charge in [-0.15, -0.1) is 0 Å². The lowest BCUT2D eigenvalue weighted by molar-refractivity contribution is 0.487. The number of rotatable bonds is 3. The Hall–Kier alpha value is -1.13. The number of benzene rings is 2. The summed E-state index contributed by atoms with van der Waals surface area (Å²) in [5.41, 5.74) is 1.22. The molecule has 2 aromatic heterocycles. The van der Waals surface area contributed by atoms with E-state index in [-0.39, 0.29) is 10.8 Å². The fourth-order valence-electron chi connectivity index (χ4n) is 2.61. The maximum absolute atomic E-state index is 14.3. The number of hydrogen-bond acceptors (Lipinski definition) is 4. The third-order valence-corrected chi connectivity index (χ3v) is 6.52. The standard InChI is InChI=1S/C15H8ClFIN4OPS2/c16-11-8(17)4-9-7(5-19-22(9)24-18)13(11)23-10-3-1-2-6-12(10)20-15(26)21-14(6)25/h1-5,24H,(H2,20,21,25,26). The highest BCUT2D eigenvalue weighted by Gasteiger charge is 2.18. The van der Waals surface area contributed by atoms with E-state index in [0.29, 0.717) is 38.0 Å². The smallest absolute Gasteiger partial charge is 0.176 e. The van der Waals surface area contributed by atoms with Gasteiger partial charge in [0.1, 0.15) is 15.5 Å². The van der Waals surface area contributed by atoms with Gasteiger partial charge >= 0.3 is 0 Å². The molecule has 2 aromatic carbocycles. The van der Waals surface area contributed by atoms with Crippen molar-refractivity contribution < 1.29 is 9.13 Å². The molecule has 4 aromatic rings. The Balaban J connectivity index is 1.98. The molecule has 11 heteroatoms. The van der Waals surface area contributed by atoms with Crippen LogP contribution in [0, 0.1) is 15.2 Å². The van der Waals surface area contributed by atoms with Crippen LogP contribution in [0.2, 0.25) is 5.02 Å². The van der Waals surface area contributed by atoms with Crippen LogP contribution in [0.15, 0.2) is 30.5 Å². The molecule has 26 heavy (non-hydrogen) atoms. The Morgan fingerprint density at radius 1 is 1.27 bits per heavy atom. The summed E-state index contributed by atoms with van der Waals surface area (Å²) < 4.78 is 22.9. The molecule has 0 saturated heterocycles. The van der Waals surface area contributed by atoms with Gasteiger partial charge in [-0.05, 0) is 46.4 Å². The highest BCUT2D eigenvalue weighted by Crippen LogP contribution is 2.42. The first-order chi connectivity index (χ1) is 12.5. The molecule has 1 atom stereocenters. The lowest BCUT2D eigenvalue weighted by atomic mass is 10.2. The maximum Gasteiger partial charge on any atom is 0.176 e. The molecule has 4 rings (SSSR count). The highest BCUT2D eigenvalue weighted by molar-refractivity contribution is 14.2. The summed E-state index contributed by atoms with van der Waals surface area (Å²) in [6, 6.07) is 6.72. The molecule has 0 amide bonds. The molecule has 0 saturated carbocycles. The predicted molar refractivity (Wildman–Crippen MR) is 117 cm³/mol. The van der Waals surface area contributed by atoms with Crippen LogP contribution in [0.4, 0.5) is 4.39 Å². The Bertz CT molecular complexity index is 1290. The van der Waals surface area contributed by atoms with Gasteiger partial charge in [0, 0.05) is 11.5 Å². The zero-order valence-electron chi connectivity index (χ0n) is 12.6. The first-order valence-electron chi connectivity index (χ1n) is 7.15. The summed E-state index contributed by atoms with van der Waals surface area (Å²) in [6.07, 6.45) is 1.93. The summed E-state index contributed by atoms with van der Waals surface area (Å²) in [4.78, 5) is 5.91. The topological polar surface area (TPSA) is 58.6 Å². The molecular formula is C15H8ClFIN4OPS2. The third-order valence-electron chi connectivity index (χ3n) is 3.75. The van der Waals surface area contributed by atoms with Crippen molar-refractivity contribution in [3.05, 3.63) is 50.7 Å². The van der Waals surface area contributed by atoms with Crippen molar-refractivity contribution in [1.29, 1.82) is 0 Å². The number of nitrogens with zero attached hydrogens (tertiary/aromatic N) is 2. The zero-order chi connectivity index (χ0) is 18.4. The van der Waals surface area contributed by atoms with E-state index in [0.717, 1.165) is 5.39 Å². The molecule has 1 unspecified atom stereocenters. The minimum Gasteiger partial charge on any atom is -0.453 e. The monoisotopic (exact) mass is 536 g/mol. The number of ether oxygens (including phenoxy) is 1. The van der Waals surface area contributed by atoms with E-state index in [2.05, 4.69) is 37.1 Å². The number of hydrogen-bond donors (Lipinski definition) is 2.